The molecule has 0 saturated heterocycles. The molecule has 0 spiro atoms. The van der Waals surface area contributed by atoms with Gasteiger partial charge in [0, 0.05) is 10.8 Å². The molecule has 0 N–H and O–H groups in total. The van der Waals surface area contributed by atoms with Crippen molar-refractivity contribution in [1.29, 1.82) is 0 Å². The maximum atomic E-state index is 5.96. The SMILES string of the molecule is C=Cc1c(C)c(C)cc2oc3cccc(C)c3c12.CC.CC. The summed E-state index contributed by atoms with van der Waals surface area (Å²) in [5.41, 5.74) is 6.88. The second-order valence-corrected chi connectivity index (χ2v) is 4.86. The predicted octanol–water partition coefficient (Wildman–Crippen LogP) is 7.21. The van der Waals surface area contributed by atoms with Crippen molar-refractivity contribution < 1.29 is 4.42 Å². The first-order valence-corrected chi connectivity index (χ1v) is 8.18. The minimum Gasteiger partial charge on any atom is -0.456 e. The molecule has 1 heterocycles. The minimum absolute atomic E-state index is 0.956. The van der Waals surface area contributed by atoms with Gasteiger partial charge in [-0.15, -0.1) is 0 Å². The zero-order valence-corrected chi connectivity index (χ0v) is 15.0. The fraction of sp³-hybridized carbons (Fsp3) is 0.333. The molecule has 1 aromatic heterocycles. The van der Waals surface area contributed by atoms with Crippen LogP contribution in [0.25, 0.3) is 28.0 Å². The van der Waals surface area contributed by atoms with Crippen LogP contribution in [0.15, 0.2) is 35.3 Å². The van der Waals surface area contributed by atoms with Crippen molar-refractivity contribution in [1.82, 2.24) is 0 Å². The molecule has 0 bridgehead atoms. The molecule has 0 aliphatic rings. The summed E-state index contributed by atoms with van der Waals surface area (Å²) in [5, 5.41) is 2.41. The van der Waals surface area contributed by atoms with E-state index in [0.717, 1.165) is 11.2 Å². The molecule has 0 unspecified atom stereocenters. The van der Waals surface area contributed by atoms with Gasteiger partial charge in [-0.3, -0.25) is 0 Å². The molecule has 1 heteroatoms. The number of aryl methyl sites for hydroxylation is 2. The van der Waals surface area contributed by atoms with Crippen LogP contribution in [0.3, 0.4) is 0 Å². The van der Waals surface area contributed by atoms with Gasteiger partial charge in [0.05, 0.1) is 0 Å². The molecule has 0 atom stereocenters. The first kappa shape index (κ1) is 18.0. The summed E-state index contributed by atoms with van der Waals surface area (Å²) in [6.07, 6.45) is 1.94. The Hall–Kier alpha value is -2.02. The zero-order chi connectivity index (χ0) is 16.9. The summed E-state index contributed by atoms with van der Waals surface area (Å²) in [6.45, 7) is 18.3. The van der Waals surface area contributed by atoms with Gasteiger partial charge in [0.15, 0.2) is 0 Å². The number of rotatable bonds is 1. The highest BCUT2D eigenvalue weighted by Crippen LogP contribution is 2.36. The van der Waals surface area contributed by atoms with Crippen LogP contribution in [0.2, 0.25) is 0 Å². The van der Waals surface area contributed by atoms with Gasteiger partial charge in [0.1, 0.15) is 11.2 Å². The summed E-state index contributed by atoms with van der Waals surface area (Å²) in [7, 11) is 0. The van der Waals surface area contributed by atoms with E-state index >= 15 is 0 Å². The largest absolute Gasteiger partial charge is 0.456 e. The van der Waals surface area contributed by atoms with Crippen LogP contribution in [0.1, 0.15) is 49.9 Å². The first-order chi connectivity index (χ1) is 10.6. The highest BCUT2D eigenvalue weighted by Gasteiger charge is 2.14. The van der Waals surface area contributed by atoms with Crippen LogP contribution in [0, 0.1) is 20.8 Å². The summed E-state index contributed by atoms with van der Waals surface area (Å²) in [5.74, 6) is 0. The van der Waals surface area contributed by atoms with Crippen molar-refractivity contribution >= 4 is 28.0 Å². The number of furan rings is 1. The highest BCUT2D eigenvalue weighted by atomic mass is 16.3. The maximum absolute atomic E-state index is 5.96. The van der Waals surface area contributed by atoms with Crippen molar-refractivity contribution in [3.8, 4) is 0 Å². The molecule has 1 nitrogen and oxygen atoms in total. The molecule has 0 aliphatic carbocycles. The fourth-order valence-corrected chi connectivity index (χ4v) is 2.67. The van der Waals surface area contributed by atoms with Gasteiger partial charge in [-0.1, -0.05) is 52.5 Å². The van der Waals surface area contributed by atoms with Crippen molar-refractivity contribution in [2.24, 2.45) is 0 Å². The third-order valence-corrected chi connectivity index (χ3v) is 3.77. The number of fused-ring (bicyclic) bond motifs is 3. The Kier molecular flexibility index (Phi) is 6.42. The molecule has 22 heavy (non-hydrogen) atoms. The van der Waals surface area contributed by atoms with Gasteiger partial charge < -0.3 is 4.42 Å². The Morgan fingerprint density at radius 1 is 0.864 bits per heavy atom. The van der Waals surface area contributed by atoms with Crippen molar-refractivity contribution in [3.63, 3.8) is 0 Å². The topological polar surface area (TPSA) is 13.1 Å². The summed E-state index contributed by atoms with van der Waals surface area (Å²) in [6, 6.07) is 8.31. The Balaban J connectivity index is 0.000000561. The summed E-state index contributed by atoms with van der Waals surface area (Å²) < 4.78 is 5.96. The molecule has 3 aromatic rings. The zero-order valence-electron chi connectivity index (χ0n) is 15.0. The average Bonchev–Trinajstić information content (AvgIpc) is 2.92. The van der Waals surface area contributed by atoms with Crippen LogP contribution >= 0.6 is 0 Å². The van der Waals surface area contributed by atoms with Crippen LogP contribution in [0.4, 0.5) is 0 Å². The molecule has 0 aliphatic heterocycles. The van der Waals surface area contributed by atoms with E-state index in [9.17, 15) is 0 Å². The minimum atomic E-state index is 0.956. The lowest BCUT2D eigenvalue weighted by Gasteiger charge is -2.06. The highest BCUT2D eigenvalue weighted by molar-refractivity contribution is 6.11. The first-order valence-electron chi connectivity index (χ1n) is 8.18. The van der Waals surface area contributed by atoms with E-state index in [1.165, 1.54) is 33.0 Å². The standard InChI is InChI=1S/C17H16O.2C2H6/c1-5-13-12(4)11(3)9-15-17(13)16-10(2)7-6-8-14(16)18-15;2*1-2/h5-9H,1H2,2-4H3;2*1-2H3. The summed E-state index contributed by atoms with van der Waals surface area (Å²) >= 11 is 0. The van der Waals surface area contributed by atoms with Crippen LogP contribution in [0.5, 0.6) is 0 Å². The molecule has 0 saturated carbocycles. The molecule has 0 amide bonds. The van der Waals surface area contributed by atoms with Crippen molar-refractivity contribution in [2.75, 3.05) is 0 Å². The second kappa shape index (κ2) is 7.84. The van der Waals surface area contributed by atoms with Crippen LogP contribution in [-0.4, -0.2) is 0 Å². The monoisotopic (exact) mass is 296 g/mol. The Labute approximate surface area is 134 Å². The Morgan fingerprint density at radius 2 is 1.50 bits per heavy atom. The van der Waals surface area contributed by atoms with Gasteiger partial charge in [-0.05, 0) is 55.2 Å². The van der Waals surface area contributed by atoms with E-state index in [1.807, 2.05) is 45.9 Å². The van der Waals surface area contributed by atoms with Crippen molar-refractivity contribution in [2.45, 2.75) is 48.5 Å². The van der Waals surface area contributed by atoms with Gasteiger partial charge in [0.25, 0.3) is 0 Å². The smallest absolute Gasteiger partial charge is 0.136 e. The van der Waals surface area contributed by atoms with Gasteiger partial charge in [-0.2, -0.15) is 0 Å². The molecule has 118 valence electrons. The molecule has 0 fully saturated rings. The second-order valence-electron chi connectivity index (χ2n) is 4.86. The molecule has 0 radical (unpaired) electrons. The third-order valence-electron chi connectivity index (χ3n) is 3.77. The Bertz CT molecular complexity index is 776. The van der Waals surface area contributed by atoms with Gasteiger partial charge in [0.2, 0.25) is 0 Å². The van der Waals surface area contributed by atoms with E-state index in [4.69, 9.17) is 4.42 Å². The maximum Gasteiger partial charge on any atom is 0.136 e. The Morgan fingerprint density at radius 3 is 2.09 bits per heavy atom. The number of hydrogen-bond donors (Lipinski definition) is 0. The summed E-state index contributed by atoms with van der Waals surface area (Å²) in [4.78, 5) is 0. The third kappa shape index (κ3) is 2.94. The van der Waals surface area contributed by atoms with Crippen LogP contribution < -0.4 is 0 Å². The quantitative estimate of drug-likeness (QED) is 0.462. The fourth-order valence-electron chi connectivity index (χ4n) is 2.67. The lowest BCUT2D eigenvalue weighted by atomic mass is 9.96. The van der Waals surface area contributed by atoms with E-state index in [1.54, 1.807) is 0 Å². The van der Waals surface area contributed by atoms with Crippen molar-refractivity contribution in [3.05, 3.63) is 53.1 Å². The predicted molar refractivity (Wildman–Crippen MR) is 101 cm³/mol. The van der Waals surface area contributed by atoms with Gasteiger partial charge >= 0.3 is 0 Å². The average molecular weight is 296 g/mol. The van der Waals surface area contributed by atoms with E-state index in [0.29, 0.717) is 0 Å². The lowest BCUT2D eigenvalue weighted by molar-refractivity contribution is 0.668. The molecule has 3 rings (SSSR count). The number of hydrogen-bond acceptors (Lipinski definition) is 1. The normalized spacial score (nSPS) is 9.77. The molecule has 2 aromatic carbocycles. The number of benzene rings is 2. The van der Waals surface area contributed by atoms with Gasteiger partial charge in [-0.25, -0.2) is 0 Å². The molecular weight excluding hydrogens is 268 g/mol. The van der Waals surface area contributed by atoms with Crippen LogP contribution in [-0.2, 0) is 0 Å². The van der Waals surface area contributed by atoms with E-state index in [2.05, 4.69) is 39.5 Å². The lowest BCUT2D eigenvalue weighted by Crippen LogP contribution is -1.87. The van der Waals surface area contributed by atoms with E-state index < -0.39 is 0 Å². The molecular formula is C21H28O. The van der Waals surface area contributed by atoms with E-state index in [-0.39, 0.29) is 0 Å².